The van der Waals surface area contributed by atoms with Crippen molar-refractivity contribution in [3.63, 3.8) is 0 Å². The van der Waals surface area contributed by atoms with Crippen LogP contribution < -0.4 is 10.1 Å². The van der Waals surface area contributed by atoms with Gasteiger partial charge < -0.3 is 10.1 Å². The summed E-state index contributed by atoms with van der Waals surface area (Å²) in [5.41, 5.74) is 0.565. The molecule has 1 N–H and O–H groups in total. The van der Waals surface area contributed by atoms with Crippen LogP contribution in [0.5, 0.6) is 5.88 Å². The number of aryl methyl sites for hydroxylation is 1. The molecule has 4 saturated carbocycles. The van der Waals surface area contributed by atoms with E-state index < -0.39 is 0 Å². The predicted octanol–water partition coefficient (Wildman–Crippen LogP) is 2.76. The molecule has 0 unspecified atom stereocenters. The Balaban J connectivity index is 1.50. The third-order valence-corrected chi connectivity index (χ3v) is 6.00. The summed E-state index contributed by atoms with van der Waals surface area (Å²) in [7, 11) is 1.82. The first kappa shape index (κ1) is 15.0. The molecule has 4 fully saturated rings. The molecule has 23 heavy (non-hydrogen) atoms. The highest BCUT2D eigenvalue weighted by molar-refractivity contribution is 5.96. The molecule has 1 heterocycles. The molecule has 5 rings (SSSR count). The van der Waals surface area contributed by atoms with E-state index in [9.17, 15) is 4.79 Å². The summed E-state index contributed by atoms with van der Waals surface area (Å²) in [5.74, 6) is 3.75. The number of rotatable bonds is 4. The quantitative estimate of drug-likeness (QED) is 0.929. The molecule has 5 heteroatoms. The SMILES string of the molecule is CC(C)Oc1c(C(=O)NC2C3CC4CC(C3)CC2C4)cnn1C. The number of ether oxygens (including phenoxy) is 1. The molecule has 5 nitrogen and oxygen atoms in total. The molecule has 1 aromatic rings. The van der Waals surface area contributed by atoms with Crippen molar-refractivity contribution >= 4 is 5.91 Å². The molecule has 126 valence electrons. The van der Waals surface area contributed by atoms with E-state index in [1.165, 1.54) is 32.1 Å². The molecular formula is C18H27N3O2. The minimum absolute atomic E-state index is 0.0220. The number of carbonyl (C=O) groups excluding carboxylic acids is 1. The molecule has 0 radical (unpaired) electrons. The number of hydrogen-bond acceptors (Lipinski definition) is 3. The van der Waals surface area contributed by atoms with Gasteiger partial charge in [-0.2, -0.15) is 5.10 Å². The molecule has 4 aliphatic rings. The zero-order valence-corrected chi connectivity index (χ0v) is 14.3. The van der Waals surface area contributed by atoms with Crippen molar-refractivity contribution in [1.82, 2.24) is 15.1 Å². The third-order valence-electron chi connectivity index (χ3n) is 6.00. The number of amides is 1. The Bertz CT molecular complexity index is 579. The van der Waals surface area contributed by atoms with Gasteiger partial charge in [0.2, 0.25) is 5.88 Å². The van der Waals surface area contributed by atoms with E-state index in [1.807, 2.05) is 20.9 Å². The van der Waals surface area contributed by atoms with Gasteiger partial charge in [0, 0.05) is 13.1 Å². The summed E-state index contributed by atoms with van der Waals surface area (Å²) in [6.45, 7) is 3.93. The number of hydrogen-bond donors (Lipinski definition) is 1. The molecular weight excluding hydrogens is 290 g/mol. The lowest BCUT2D eigenvalue weighted by Gasteiger charge is -2.54. The Morgan fingerprint density at radius 3 is 2.39 bits per heavy atom. The van der Waals surface area contributed by atoms with Crippen molar-refractivity contribution in [2.45, 2.75) is 58.1 Å². The van der Waals surface area contributed by atoms with Gasteiger partial charge in [0.05, 0.1) is 12.3 Å². The Morgan fingerprint density at radius 2 is 1.83 bits per heavy atom. The lowest BCUT2D eigenvalue weighted by molar-refractivity contribution is -0.0120. The van der Waals surface area contributed by atoms with E-state index in [0.717, 1.165) is 11.8 Å². The van der Waals surface area contributed by atoms with Gasteiger partial charge in [0.25, 0.3) is 5.91 Å². The lowest BCUT2D eigenvalue weighted by atomic mass is 9.54. The Labute approximate surface area is 137 Å². The predicted molar refractivity (Wildman–Crippen MR) is 87.3 cm³/mol. The van der Waals surface area contributed by atoms with E-state index in [2.05, 4.69) is 10.4 Å². The first-order chi connectivity index (χ1) is 11.0. The molecule has 0 saturated heterocycles. The molecule has 1 amide bonds. The molecule has 0 aromatic carbocycles. The molecule has 4 bridgehead atoms. The Morgan fingerprint density at radius 1 is 1.22 bits per heavy atom. The minimum Gasteiger partial charge on any atom is -0.475 e. The van der Waals surface area contributed by atoms with Crippen molar-refractivity contribution < 1.29 is 9.53 Å². The van der Waals surface area contributed by atoms with Crippen LogP contribution in [0.1, 0.15) is 56.3 Å². The maximum Gasteiger partial charge on any atom is 0.258 e. The summed E-state index contributed by atoms with van der Waals surface area (Å²) in [6.07, 6.45) is 8.31. The van der Waals surface area contributed by atoms with Gasteiger partial charge >= 0.3 is 0 Å². The van der Waals surface area contributed by atoms with Gasteiger partial charge in [-0.3, -0.25) is 4.79 Å². The number of nitrogens with one attached hydrogen (secondary N) is 1. The maximum absolute atomic E-state index is 12.8. The average molecular weight is 317 g/mol. The van der Waals surface area contributed by atoms with Gasteiger partial charge in [-0.05, 0) is 69.6 Å². The Kier molecular flexibility index (Phi) is 3.62. The van der Waals surface area contributed by atoms with E-state index in [0.29, 0.717) is 29.3 Å². The molecule has 4 aliphatic carbocycles. The van der Waals surface area contributed by atoms with Crippen molar-refractivity contribution in [1.29, 1.82) is 0 Å². The van der Waals surface area contributed by atoms with Crippen LogP contribution in [0.2, 0.25) is 0 Å². The Hall–Kier alpha value is -1.52. The van der Waals surface area contributed by atoms with Gasteiger partial charge in [0.1, 0.15) is 5.56 Å². The number of carbonyl (C=O) groups is 1. The lowest BCUT2D eigenvalue weighted by Crippen LogP contribution is -2.55. The fourth-order valence-corrected chi connectivity index (χ4v) is 5.34. The highest BCUT2D eigenvalue weighted by Crippen LogP contribution is 2.53. The number of nitrogens with zero attached hydrogens (tertiary/aromatic N) is 2. The molecule has 0 spiro atoms. The summed E-state index contributed by atoms with van der Waals surface area (Å²) in [6, 6.07) is 0.349. The van der Waals surface area contributed by atoms with E-state index >= 15 is 0 Å². The van der Waals surface area contributed by atoms with Gasteiger partial charge in [-0.25, -0.2) is 4.68 Å². The highest BCUT2D eigenvalue weighted by atomic mass is 16.5. The monoisotopic (exact) mass is 317 g/mol. The van der Waals surface area contributed by atoms with Crippen molar-refractivity contribution in [3.05, 3.63) is 11.8 Å². The second-order valence-electron chi connectivity index (χ2n) is 8.08. The molecule has 1 aromatic heterocycles. The van der Waals surface area contributed by atoms with Crippen LogP contribution >= 0.6 is 0 Å². The van der Waals surface area contributed by atoms with Crippen molar-refractivity contribution in [2.24, 2.45) is 30.7 Å². The second kappa shape index (κ2) is 5.53. The summed E-state index contributed by atoms with van der Waals surface area (Å²) in [5, 5.41) is 7.54. The fraction of sp³-hybridized carbons (Fsp3) is 0.778. The number of aromatic nitrogens is 2. The summed E-state index contributed by atoms with van der Waals surface area (Å²) in [4.78, 5) is 12.8. The minimum atomic E-state index is -0.0220. The average Bonchev–Trinajstić information content (AvgIpc) is 2.83. The largest absolute Gasteiger partial charge is 0.475 e. The van der Waals surface area contributed by atoms with Crippen LogP contribution in [0.4, 0.5) is 0 Å². The van der Waals surface area contributed by atoms with Crippen LogP contribution in [0.25, 0.3) is 0 Å². The maximum atomic E-state index is 12.8. The van der Waals surface area contributed by atoms with Gasteiger partial charge in [-0.15, -0.1) is 0 Å². The van der Waals surface area contributed by atoms with Crippen LogP contribution in [-0.4, -0.2) is 27.8 Å². The zero-order valence-electron chi connectivity index (χ0n) is 14.3. The molecule has 0 atom stereocenters. The summed E-state index contributed by atoms with van der Waals surface area (Å²) < 4.78 is 7.43. The second-order valence-corrected chi connectivity index (χ2v) is 8.08. The summed E-state index contributed by atoms with van der Waals surface area (Å²) >= 11 is 0. The van der Waals surface area contributed by atoms with Gasteiger partial charge in [-0.1, -0.05) is 0 Å². The van der Waals surface area contributed by atoms with Crippen LogP contribution in [0, 0.1) is 23.7 Å². The third kappa shape index (κ3) is 2.64. The van der Waals surface area contributed by atoms with Crippen LogP contribution in [-0.2, 0) is 7.05 Å². The normalized spacial score (nSPS) is 34.9. The molecule has 0 aliphatic heterocycles. The smallest absolute Gasteiger partial charge is 0.258 e. The van der Waals surface area contributed by atoms with Crippen molar-refractivity contribution in [2.75, 3.05) is 0 Å². The standard InChI is InChI=1S/C18H27N3O2/c1-10(2)23-18-15(9-19-21(18)3)17(22)20-16-13-5-11-4-12(7-13)8-14(16)6-11/h9-14,16H,4-8H2,1-3H3,(H,20,22). The first-order valence-electron chi connectivity index (χ1n) is 9.00. The van der Waals surface area contributed by atoms with E-state index in [-0.39, 0.29) is 12.0 Å². The topological polar surface area (TPSA) is 56.1 Å². The zero-order chi connectivity index (χ0) is 16.1. The highest BCUT2D eigenvalue weighted by Gasteiger charge is 2.48. The first-order valence-corrected chi connectivity index (χ1v) is 9.00. The van der Waals surface area contributed by atoms with E-state index in [1.54, 1.807) is 10.9 Å². The van der Waals surface area contributed by atoms with E-state index in [4.69, 9.17) is 4.74 Å². The van der Waals surface area contributed by atoms with Crippen molar-refractivity contribution in [3.8, 4) is 5.88 Å². The van der Waals surface area contributed by atoms with Crippen LogP contribution in [0.15, 0.2) is 6.20 Å². The fourth-order valence-electron chi connectivity index (χ4n) is 5.34. The van der Waals surface area contributed by atoms with Gasteiger partial charge in [0.15, 0.2) is 0 Å². The van der Waals surface area contributed by atoms with Crippen LogP contribution in [0.3, 0.4) is 0 Å².